The monoisotopic (exact) mass is 253 g/mol. The van der Waals surface area contributed by atoms with Crippen molar-refractivity contribution in [1.82, 2.24) is 14.8 Å². The van der Waals surface area contributed by atoms with Gasteiger partial charge in [-0.25, -0.2) is 5.06 Å². The van der Waals surface area contributed by atoms with Crippen LogP contribution < -0.4 is 0 Å². The van der Waals surface area contributed by atoms with Crippen molar-refractivity contribution in [1.29, 1.82) is 0 Å². The molecule has 0 unspecified atom stereocenters. The first-order chi connectivity index (χ1) is 8.36. The standard InChI is InChI=1S/C13H23N3O2/c1-9(2)8-16-11(4)12(10(3)14-16)7-13(17)15(5)18-6/h9H,7-8H2,1-6H3. The molecule has 18 heavy (non-hydrogen) atoms. The zero-order valence-electron chi connectivity index (χ0n) is 12.1. The largest absolute Gasteiger partial charge is 0.275 e. The van der Waals surface area contributed by atoms with Crippen LogP contribution >= 0.6 is 0 Å². The van der Waals surface area contributed by atoms with Crippen molar-refractivity contribution in [3.8, 4) is 0 Å². The van der Waals surface area contributed by atoms with E-state index in [0.29, 0.717) is 12.3 Å². The molecule has 1 aromatic rings. The van der Waals surface area contributed by atoms with Crippen LogP contribution in [-0.4, -0.2) is 34.9 Å². The number of hydrogen-bond acceptors (Lipinski definition) is 3. The Morgan fingerprint density at radius 1 is 1.44 bits per heavy atom. The lowest BCUT2D eigenvalue weighted by atomic mass is 10.1. The first-order valence-electron chi connectivity index (χ1n) is 6.20. The first kappa shape index (κ1) is 14.7. The average Bonchev–Trinajstić information content (AvgIpc) is 2.55. The smallest absolute Gasteiger partial charge is 0.250 e. The molecule has 0 saturated carbocycles. The van der Waals surface area contributed by atoms with Crippen molar-refractivity contribution in [2.45, 2.75) is 40.7 Å². The van der Waals surface area contributed by atoms with E-state index in [-0.39, 0.29) is 5.91 Å². The molecule has 1 amide bonds. The van der Waals surface area contributed by atoms with E-state index in [0.717, 1.165) is 23.5 Å². The molecule has 5 nitrogen and oxygen atoms in total. The third kappa shape index (κ3) is 3.32. The second kappa shape index (κ2) is 6.00. The quantitative estimate of drug-likeness (QED) is 0.751. The van der Waals surface area contributed by atoms with Crippen LogP contribution in [0.5, 0.6) is 0 Å². The predicted molar refractivity (Wildman–Crippen MR) is 70.0 cm³/mol. The van der Waals surface area contributed by atoms with Crippen molar-refractivity contribution in [2.24, 2.45) is 5.92 Å². The van der Waals surface area contributed by atoms with Gasteiger partial charge in [-0.15, -0.1) is 0 Å². The molecule has 1 rings (SSSR count). The fourth-order valence-electron chi connectivity index (χ4n) is 1.88. The van der Waals surface area contributed by atoms with Gasteiger partial charge in [0.25, 0.3) is 0 Å². The molecule has 1 aromatic heterocycles. The van der Waals surface area contributed by atoms with E-state index in [1.165, 1.54) is 12.2 Å². The minimum absolute atomic E-state index is 0.0622. The molecule has 0 aliphatic heterocycles. The molecule has 5 heteroatoms. The average molecular weight is 253 g/mol. The van der Waals surface area contributed by atoms with Crippen LogP contribution in [0.3, 0.4) is 0 Å². The summed E-state index contributed by atoms with van der Waals surface area (Å²) in [5.74, 6) is 0.473. The zero-order chi connectivity index (χ0) is 13.9. The highest BCUT2D eigenvalue weighted by atomic mass is 16.7. The van der Waals surface area contributed by atoms with E-state index >= 15 is 0 Å². The van der Waals surface area contributed by atoms with Crippen molar-refractivity contribution >= 4 is 5.91 Å². The summed E-state index contributed by atoms with van der Waals surface area (Å²) in [5.41, 5.74) is 3.00. The van der Waals surface area contributed by atoms with Gasteiger partial charge in [-0.05, 0) is 19.8 Å². The lowest BCUT2D eigenvalue weighted by Gasteiger charge is -2.13. The Labute approximate surface area is 109 Å². The normalized spacial score (nSPS) is 11.1. The molecule has 0 atom stereocenters. The van der Waals surface area contributed by atoms with E-state index in [4.69, 9.17) is 4.84 Å². The van der Waals surface area contributed by atoms with Gasteiger partial charge < -0.3 is 0 Å². The highest BCUT2D eigenvalue weighted by Gasteiger charge is 2.17. The Morgan fingerprint density at radius 2 is 2.06 bits per heavy atom. The molecule has 0 fully saturated rings. The fourth-order valence-corrected chi connectivity index (χ4v) is 1.88. The van der Waals surface area contributed by atoms with Crippen molar-refractivity contribution in [3.05, 3.63) is 17.0 Å². The van der Waals surface area contributed by atoms with Gasteiger partial charge in [0.15, 0.2) is 0 Å². The molecule has 102 valence electrons. The second-order valence-electron chi connectivity index (χ2n) is 4.98. The van der Waals surface area contributed by atoms with Crippen LogP contribution in [0.15, 0.2) is 0 Å². The van der Waals surface area contributed by atoms with Crippen molar-refractivity contribution in [2.75, 3.05) is 14.2 Å². The maximum Gasteiger partial charge on any atom is 0.250 e. The topological polar surface area (TPSA) is 47.4 Å². The summed E-state index contributed by atoms with van der Waals surface area (Å²) in [7, 11) is 3.10. The number of carbonyl (C=O) groups is 1. The first-order valence-corrected chi connectivity index (χ1v) is 6.20. The summed E-state index contributed by atoms with van der Waals surface area (Å²) < 4.78 is 1.98. The Balaban J connectivity index is 2.90. The number of aryl methyl sites for hydroxylation is 1. The Bertz CT molecular complexity index is 424. The number of likely N-dealkylation sites (N-methyl/N-ethyl adjacent to an activating group) is 1. The van der Waals surface area contributed by atoms with E-state index in [1.807, 2.05) is 18.5 Å². The van der Waals surface area contributed by atoms with Crippen LogP contribution in [0.4, 0.5) is 0 Å². The molecule has 0 aliphatic rings. The third-order valence-electron chi connectivity index (χ3n) is 3.02. The minimum atomic E-state index is -0.0622. The molecular weight excluding hydrogens is 230 g/mol. The van der Waals surface area contributed by atoms with Crippen LogP contribution in [-0.2, 0) is 22.6 Å². The van der Waals surface area contributed by atoms with E-state index in [1.54, 1.807) is 7.05 Å². The lowest BCUT2D eigenvalue weighted by molar-refractivity contribution is -0.167. The van der Waals surface area contributed by atoms with E-state index in [9.17, 15) is 4.79 Å². The van der Waals surface area contributed by atoms with Crippen molar-refractivity contribution < 1.29 is 9.63 Å². The summed E-state index contributed by atoms with van der Waals surface area (Å²) in [6.45, 7) is 9.14. The molecule has 0 N–H and O–H groups in total. The Kier molecular flexibility index (Phi) is 4.90. The molecule has 0 radical (unpaired) electrons. The summed E-state index contributed by atoms with van der Waals surface area (Å²) >= 11 is 0. The maximum absolute atomic E-state index is 11.8. The number of nitrogens with zero attached hydrogens (tertiary/aromatic N) is 3. The van der Waals surface area contributed by atoms with Crippen LogP contribution in [0.1, 0.15) is 30.8 Å². The lowest BCUT2D eigenvalue weighted by Crippen LogP contribution is -2.27. The number of amides is 1. The number of aromatic nitrogens is 2. The number of carbonyl (C=O) groups excluding carboxylic acids is 1. The van der Waals surface area contributed by atoms with Gasteiger partial charge in [0.2, 0.25) is 5.91 Å². The van der Waals surface area contributed by atoms with Gasteiger partial charge in [0, 0.05) is 24.8 Å². The zero-order valence-corrected chi connectivity index (χ0v) is 12.1. The maximum atomic E-state index is 11.8. The molecule has 0 aliphatic carbocycles. The highest BCUT2D eigenvalue weighted by Crippen LogP contribution is 2.16. The van der Waals surface area contributed by atoms with Gasteiger partial charge in [0.1, 0.15) is 0 Å². The Morgan fingerprint density at radius 3 is 2.56 bits per heavy atom. The molecular formula is C13H23N3O2. The van der Waals surface area contributed by atoms with Gasteiger partial charge >= 0.3 is 0 Å². The minimum Gasteiger partial charge on any atom is -0.275 e. The summed E-state index contributed by atoms with van der Waals surface area (Å²) in [6.07, 6.45) is 0.333. The van der Waals surface area contributed by atoms with E-state index in [2.05, 4.69) is 18.9 Å². The second-order valence-corrected chi connectivity index (χ2v) is 4.98. The molecule has 1 heterocycles. The van der Waals surface area contributed by atoms with E-state index < -0.39 is 0 Å². The highest BCUT2D eigenvalue weighted by molar-refractivity contribution is 5.78. The molecule has 0 bridgehead atoms. The summed E-state index contributed by atoms with van der Waals surface area (Å²) in [4.78, 5) is 16.7. The SMILES string of the molecule is CON(C)C(=O)Cc1c(C)nn(CC(C)C)c1C. The fraction of sp³-hybridized carbons (Fsp3) is 0.692. The molecule has 0 aromatic carbocycles. The number of hydrogen-bond donors (Lipinski definition) is 0. The number of rotatable bonds is 5. The van der Waals surface area contributed by atoms with Crippen LogP contribution in [0.2, 0.25) is 0 Å². The van der Waals surface area contributed by atoms with Crippen LogP contribution in [0, 0.1) is 19.8 Å². The molecule has 0 spiro atoms. The van der Waals surface area contributed by atoms with Crippen molar-refractivity contribution in [3.63, 3.8) is 0 Å². The molecule has 0 saturated heterocycles. The third-order valence-corrected chi connectivity index (χ3v) is 3.02. The summed E-state index contributed by atoms with van der Waals surface area (Å²) in [5, 5.41) is 5.74. The Hall–Kier alpha value is -1.36. The van der Waals surface area contributed by atoms with Gasteiger partial charge in [-0.3, -0.25) is 14.3 Å². The van der Waals surface area contributed by atoms with Gasteiger partial charge in [0.05, 0.1) is 19.2 Å². The van der Waals surface area contributed by atoms with Crippen LogP contribution in [0.25, 0.3) is 0 Å². The predicted octanol–water partition coefficient (Wildman–Crippen LogP) is 1.72. The summed E-state index contributed by atoms with van der Waals surface area (Å²) in [6, 6.07) is 0. The number of hydroxylamine groups is 2. The van der Waals surface area contributed by atoms with Gasteiger partial charge in [-0.2, -0.15) is 5.10 Å². The van der Waals surface area contributed by atoms with Gasteiger partial charge in [-0.1, -0.05) is 13.8 Å².